The van der Waals surface area contributed by atoms with Gasteiger partial charge in [0.05, 0.1) is 12.0 Å². The Morgan fingerprint density at radius 2 is 2.27 bits per heavy atom. The highest BCUT2D eigenvalue weighted by Gasteiger charge is 2.15. The van der Waals surface area contributed by atoms with Crippen LogP contribution in [-0.4, -0.2) is 23.4 Å². The molecule has 0 aliphatic rings. The lowest BCUT2D eigenvalue weighted by Crippen LogP contribution is -2.11. The molecule has 0 aromatic heterocycles. The number of carbonyl (C=O) groups is 1. The van der Waals surface area contributed by atoms with Crippen molar-refractivity contribution in [1.29, 1.82) is 0 Å². The van der Waals surface area contributed by atoms with E-state index in [1.54, 1.807) is 32.2 Å². The van der Waals surface area contributed by atoms with Crippen LogP contribution < -0.4 is 4.74 Å². The first-order chi connectivity index (χ1) is 7.04. The monoisotopic (exact) mass is 246 g/mol. The largest absolute Gasteiger partial charge is 0.496 e. The minimum Gasteiger partial charge on any atom is -0.496 e. The van der Waals surface area contributed by atoms with Gasteiger partial charge in [0.25, 0.3) is 0 Å². The van der Waals surface area contributed by atoms with Gasteiger partial charge in [0, 0.05) is 5.02 Å². The summed E-state index contributed by atoms with van der Waals surface area (Å²) >= 11 is 7.03. The number of hydrogen-bond donors (Lipinski definition) is 1. The first-order valence-corrected chi connectivity index (χ1v) is 5.53. The summed E-state index contributed by atoms with van der Waals surface area (Å²) in [7, 11) is 1.54. The van der Waals surface area contributed by atoms with Crippen LogP contribution in [0.2, 0.25) is 5.02 Å². The van der Waals surface area contributed by atoms with Gasteiger partial charge in [-0.2, -0.15) is 0 Å². The van der Waals surface area contributed by atoms with Gasteiger partial charge in [0.1, 0.15) is 11.0 Å². The van der Waals surface area contributed by atoms with E-state index in [0.717, 1.165) is 4.90 Å². The predicted octanol–water partition coefficient (Wildman–Crippen LogP) is 2.91. The van der Waals surface area contributed by atoms with Gasteiger partial charge in [-0.3, -0.25) is 4.79 Å². The van der Waals surface area contributed by atoms with Gasteiger partial charge in [-0.05, 0) is 25.1 Å². The second-order valence-electron chi connectivity index (χ2n) is 2.89. The molecule has 0 heterocycles. The maximum atomic E-state index is 10.7. The van der Waals surface area contributed by atoms with E-state index >= 15 is 0 Å². The third kappa shape index (κ3) is 3.32. The summed E-state index contributed by atoms with van der Waals surface area (Å²) in [4.78, 5) is 11.4. The highest BCUT2D eigenvalue weighted by atomic mass is 35.5. The van der Waals surface area contributed by atoms with E-state index in [1.165, 1.54) is 11.8 Å². The number of halogens is 1. The number of carboxylic acids is 1. The lowest BCUT2D eigenvalue weighted by molar-refractivity contribution is -0.136. The van der Waals surface area contributed by atoms with E-state index < -0.39 is 11.2 Å². The van der Waals surface area contributed by atoms with Crippen molar-refractivity contribution in [1.82, 2.24) is 0 Å². The van der Waals surface area contributed by atoms with Crippen LogP contribution in [0.5, 0.6) is 5.75 Å². The third-order valence-corrected chi connectivity index (χ3v) is 3.14. The average molecular weight is 247 g/mol. The Labute approximate surface area is 97.4 Å². The molecule has 5 heteroatoms. The molecule has 0 aliphatic carbocycles. The number of ether oxygens (including phenoxy) is 1. The highest BCUT2D eigenvalue weighted by Crippen LogP contribution is 2.34. The molecule has 0 amide bonds. The first-order valence-electron chi connectivity index (χ1n) is 4.27. The van der Waals surface area contributed by atoms with Crippen LogP contribution in [-0.2, 0) is 4.79 Å². The van der Waals surface area contributed by atoms with Crippen molar-refractivity contribution in [3.63, 3.8) is 0 Å². The van der Waals surface area contributed by atoms with Crippen molar-refractivity contribution in [3.8, 4) is 5.75 Å². The van der Waals surface area contributed by atoms with E-state index in [2.05, 4.69) is 0 Å². The summed E-state index contributed by atoms with van der Waals surface area (Å²) in [5.74, 6) is -0.223. The molecule has 0 saturated heterocycles. The van der Waals surface area contributed by atoms with Gasteiger partial charge >= 0.3 is 5.97 Å². The molecular formula is C10H11ClO3S. The molecule has 1 atom stereocenters. The number of rotatable bonds is 4. The van der Waals surface area contributed by atoms with Crippen LogP contribution in [0.1, 0.15) is 6.92 Å². The summed E-state index contributed by atoms with van der Waals surface area (Å²) in [5, 5.41) is 8.82. The molecule has 15 heavy (non-hydrogen) atoms. The van der Waals surface area contributed by atoms with Crippen molar-refractivity contribution < 1.29 is 14.6 Å². The van der Waals surface area contributed by atoms with E-state index in [-0.39, 0.29) is 0 Å². The molecule has 0 bridgehead atoms. The first kappa shape index (κ1) is 12.2. The van der Waals surface area contributed by atoms with Crippen molar-refractivity contribution in [2.24, 2.45) is 0 Å². The number of aliphatic carboxylic acids is 1. The maximum Gasteiger partial charge on any atom is 0.316 e. The minimum atomic E-state index is -0.859. The van der Waals surface area contributed by atoms with Gasteiger partial charge < -0.3 is 9.84 Å². The third-order valence-electron chi connectivity index (χ3n) is 1.78. The second-order valence-corrected chi connectivity index (χ2v) is 4.71. The van der Waals surface area contributed by atoms with E-state index in [4.69, 9.17) is 21.4 Å². The molecule has 1 rings (SSSR count). The molecule has 82 valence electrons. The van der Waals surface area contributed by atoms with Crippen LogP contribution in [0.15, 0.2) is 23.1 Å². The Hall–Kier alpha value is -0.870. The molecule has 0 saturated carbocycles. The number of hydrogen-bond acceptors (Lipinski definition) is 3. The van der Waals surface area contributed by atoms with Crippen LogP contribution >= 0.6 is 23.4 Å². The topological polar surface area (TPSA) is 46.5 Å². The molecule has 0 aliphatic heterocycles. The second kappa shape index (κ2) is 5.28. The molecule has 0 spiro atoms. The molecule has 1 aromatic rings. The molecule has 1 aromatic carbocycles. The van der Waals surface area contributed by atoms with Crippen molar-refractivity contribution in [2.75, 3.05) is 7.11 Å². The smallest absolute Gasteiger partial charge is 0.316 e. The van der Waals surface area contributed by atoms with Crippen molar-refractivity contribution >= 4 is 29.3 Å². The van der Waals surface area contributed by atoms with Gasteiger partial charge in [-0.25, -0.2) is 0 Å². The molecular weight excluding hydrogens is 236 g/mol. The normalized spacial score (nSPS) is 12.2. The lowest BCUT2D eigenvalue weighted by Gasteiger charge is -2.10. The van der Waals surface area contributed by atoms with Gasteiger partial charge in [0.2, 0.25) is 0 Å². The summed E-state index contributed by atoms with van der Waals surface area (Å²) < 4.78 is 5.11. The number of thioether (sulfide) groups is 1. The molecule has 0 radical (unpaired) electrons. The lowest BCUT2D eigenvalue weighted by atomic mass is 10.3. The van der Waals surface area contributed by atoms with Crippen LogP contribution in [0.4, 0.5) is 0 Å². The summed E-state index contributed by atoms with van der Waals surface area (Å²) in [6, 6.07) is 5.12. The van der Waals surface area contributed by atoms with Gasteiger partial charge in [0.15, 0.2) is 0 Å². The van der Waals surface area contributed by atoms with Crippen LogP contribution in [0.3, 0.4) is 0 Å². The Morgan fingerprint density at radius 1 is 1.60 bits per heavy atom. The summed E-state index contributed by atoms with van der Waals surface area (Å²) in [6.45, 7) is 1.62. The van der Waals surface area contributed by atoms with Crippen molar-refractivity contribution in [2.45, 2.75) is 17.1 Å². The average Bonchev–Trinajstić information content (AvgIpc) is 2.18. The van der Waals surface area contributed by atoms with E-state index in [1.807, 2.05) is 0 Å². The fraction of sp³-hybridized carbons (Fsp3) is 0.300. The summed E-state index contributed by atoms with van der Waals surface area (Å²) in [6.07, 6.45) is 0. The number of methoxy groups -OCH3 is 1. The Balaban J connectivity index is 2.91. The molecule has 1 unspecified atom stereocenters. The van der Waals surface area contributed by atoms with Crippen molar-refractivity contribution in [3.05, 3.63) is 23.2 Å². The zero-order chi connectivity index (χ0) is 11.4. The molecule has 0 fully saturated rings. The van der Waals surface area contributed by atoms with E-state index in [0.29, 0.717) is 10.8 Å². The van der Waals surface area contributed by atoms with Gasteiger partial charge in [-0.15, -0.1) is 11.8 Å². The Bertz CT molecular complexity index is 368. The predicted molar refractivity (Wildman–Crippen MR) is 61.0 cm³/mol. The minimum absolute atomic E-state index is 0.530. The van der Waals surface area contributed by atoms with E-state index in [9.17, 15) is 4.79 Å². The fourth-order valence-electron chi connectivity index (χ4n) is 0.983. The zero-order valence-electron chi connectivity index (χ0n) is 8.36. The maximum absolute atomic E-state index is 10.7. The number of carboxylic acid groups (broad SMARTS) is 1. The number of benzene rings is 1. The molecule has 3 nitrogen and oxygen atoms in total. The Morgan fingerprint density at radius 3 is 2.80 bits per heavy atom. The Kier molecular flexibility index (Phi) is 4.29. The zero-order valence-corrected chi connectivity index (χ0v) is 9.93. The highest BCUT2D eigenvalue weighted by molar-refractivity contribution is 8.00. The SMILES string of the molecule is COc1ccc(Cl)cc1SC(C)C(=O)O. The molecule has 1 N–H and O–H groups in total. The van der Waals surface area contributed by atoms with Crippen LogP contribution in [0, 0.1) is 0 Å². The fourth-order valence-corrected chi connectivity index (χ4v) is 2.16. The van der Waals surface area contributed by atoms with Crippen LogP contribution in [0.25, 0.3) is 0 Å². The van der Waals surface area contributed by atoms with Gasteiger partial charge in [-0.1, -0.05) is 11.6 Å². The summed E-state index contributed by atoms with van der Waals surface area (Å²) in [5.41, 5.74) is 0. The standard InChI is InChI=1S/C10H11ClO3S/c1-6(10(12)13)15-9-5-7(11)3-4-8(9)14-2/h3-6H,1-2H3,(H,12,13). The quantitative estimate of drug-likeness (QED) is 0.830.